The van der Waals surface area contributed by atoms with Crippen molar-refractivity contribution in [2.75, 3.05) is 19.4 Å². The van der Waals surface area contributed by atoms with Crippen LogP contribution in [0.5, 0.6) is 0 Å². The summed E-state index contributed by atoms with van der Waals surface area (Å²) in [4.78, 5) is 14.1. The Kier molecular flexibility index (Phi) is 4.23. The number of nitrogens with zero attached hydrogens (tertiary/aromatic N) is 1. The van der Waals surface area contributed by atoms with E-state index >= 15 is 0 Å². The van der Waals surface area contributed by atoms with Gasteiger partial charge in [-0.2, -0.15) is 0 Å². The lowest BCUT2D eigenvalue weighted by molar-refractivity contribution is 0.0574. The molecule has 0 spiro atoms. The van der Waals surface area contributed by atoms with E-state index in [-0.39, 0.29) is 18.1 Å². The molecule has 2 N–H and O–H groups in total. The number of nitrogens with two attached hydrogens (primary N) is 1. The Morgan fingerprint density at radius 3 is 2.47 bits per heavy atom. The second-order valence-corrected chi connectivity index (χ2v) is 5.52. The second-order valence-electron chi connectivity index (χ2n) is 4.70. The number of nitrogen functional groups attached to an aromatic ring is 1. The summed E-state index contributed by atoms with van der Waals surface area (Å²) < 4.78 is 5.47. The summed E-state index contributed by atoms with van der Waals surface area (Å²) in [6, 6.07) is 3.16. The highest BCUT2D eigenvalue weighted by atomic mass is 35.5. The van der Waals surface area contributed by atoms with Gasteiger partial charge in [-0.05, 0) is 25.5 Å². The molecular weight excluding hydrogens is 287 g/mol. The van der Waals surface area contributed by atoms with Crippen molar-refractivity contribution in [1.29, 1.82) is 0 Å². The summed E-state index contributed by atoms with van der Waals surface area (Å²) in [5.74, 6) is -0.133. The Morgan fingerprint density at radius 1 is 1.42 bits per heavy atom. The van der Waals surface area contributed by atoms with Crippen LogP contribution in [0.25, 0.3) is 0 Å². The molecule has 104 valence electrons. The zero-order valence-electron chi connectivity index (χ0n) is 10.8. The van der Waals surface area contributed by atoms with Gasteiger partial charge in [-0.15, -0.1) is 0 Å². The van der Waals surface area contributed by atoms with Crippen LogP contribution < -0.4 is 5.73 Å². The van der Waals surface area contributed by atoms with E-state index in [1.54, 1.807) is 24.1 Å². The van der Waals surface area contributed by atoms with E-state index < -0.39 is 0 Å². The van der Waals surface area contributed by atoms with Gasteiger partial charge in [0.05, 0.1) is 27.9 Å². The molecule has 1 aromatic carbocycles. The molecule has 1 fully saturated rings. The van der Waals surface area contributed by atoms with Crippen LogP contribution in [0.2, 0.25) is 10.0 Å². The van der Waals surface area contributed by atoms with Gasteiger partial charge in [-0.25, -0.2) is 0 Å². The molecule has 1 amide bonds. The predicted octanol–water partition coefficient (Wildman–Crippen LogP) is 2.83. The van der Waals surface area contributed by atoms with E-state index in [2.05, 4.69) is 0 Å². The van der Waals surface area contributed by atoms with Crippen molar-refractivity contribution in [2.45, 2.75) is 25.5 Å². The van der Waals surface area contributed by atoms with Gasteiger partial charge >= 0.3 is 0 Å². The maximum atomic E-state index is 12.4. The van der Waals surface area contributed by atoms with E-state index in [0.717, 1.165) is 6.42 Å². The fourth-order valence-corrected chi connectivity index (χ4v) is 2.78. The largest absolute Gasteiger partial charge is 0.396 e. The minimum atomic E-state index is -0.133. The number of carbonyl (C=O) groups excluding carboxylic acids is 1. The highest BCUT2D eigenvalue weighted by Crippen LogP contribution is 2.30. The molecule has 1 aliphatic heterocycles. The van der Waals surface area contributed by atoms with E-state index in [1.165, 1.54) is 0 Å². The first-order valence-corrected chi connectivity index (χ1v) is 6.80. The molecule has 0 aliphatic carbocycles. The Bertz CT molecular complexity index is 484. The highest BCUT2D eigenvalue weighted by molar-refractivity contribution is 6.39. The Balaban J connectivity index is 2.24. The predicted molar refractivity (Wildman–Crippen MR) is 76.8 cm³/mol. The maximum absolute atomic E-state index is 12.4. The molecular formula is C13H16Cl2N2O2. The van der Waals surface area contributed by atoms with Crippen LogP contribution in [-0.4, -0.2) is 36.6 Å². The molecule has 19 heavy (non-hydrogen) atoms. The third-order valence-corrected chi connectivity index (χ3v) is 4.11. The first-order valence-electron chi connectivity index (χ1n) is 6.05. The molecule has 1 heterocycles. The fourth-order valence-electron chi connectivity index (χ4n) is 2.29. The number of halogens is 2. The first-order chi connectivity index (χ1) is 8.91. The van der Waals surface area contributed by atoms with Crippen molar-refractivity contribution < 1.29 is 9.53 Å². The fraction of sp³-hybridized carbons (Fsp3) is 0.462. The molecule has 0 aromatic heterocycles. The smallest absolute Gasteiger partial charge is 0.254 e. The van der Waals surface area contributed by atoms with E-state index in [1.807, 2.05) is 6.92 Å². The molecule has 1 aliphatic rings. The molecule has 6 heteroatoms. The lowest BCUT2D eigenvalue weighted by Crippen LogP contribution is -2.41. The number of amides is 1. The maximum Gasteiger partial charge on any atom is 0.254 e. The number of rotatable bonds is 2. The third-order valence-electron chi connectivity index (χ3n) is 3.48. The molecule has 4 nitrogen and oxygen atoms in total. The normalized spacial score (nSPS) is 22.5. The Hall–Kier alpha value is -0.970. The van der Waals surface area contributed by atoms with Crippen LogP contribution in [0.3, 0.4) is 0 Å². The van der Waals surface area contributed by atoms with Crippen LogP contribution >= 0.6 is 23.2 Å². The summed E-state index contributed by atoms with van der Waals surface area (Å²) in [7, 11) is 1.76. The van der Waals surface area contributed by atoms with E-state index in [0.29, 0.717) is 27.9 Å². The van der Waals surface area contributed by atoms with Crippen LogP contribution in [0, 0.1) is 0 Å². The topological polar surface area (TPSA) is 55.6 Å². The number of carbonyl (C=O) groups is 1. The monoisotopic (exact) mass is 302 g/mol. The van der Waals surface area contributed by atoms with Crippen molar-refractivity contribution in [1.82, 2.24) is 4.90 Å². The summed E-state index contributed by atoms with van der Waals surface area (Å²) >= 11 is 11.9. The van der Waals surface area contributed by atoms with Gasteiger partial charge in [0.15, 0.2) is 0 Å². The number of ether oxygens (including phenoxy) is 1. The van der Waals surface area contributed by atoms with Crippen molar-refractivity contribution in [3.8, 4) is 0 Å². The minimum absolute atomic E-state index is 0.0358. The summed E-state index contributed by atoms with van der Waals surface area (Å²) in [5.41, 5.74) is 6.39. The van der Waals surface area contributed by atoms with Crippen molar-refractivity contribution >= 4 is 34.8 Å². The SMILES string of the molecule is CC1OCCC1N(C)C(=O)c1cc(Cl)c(N)c(Cl)c1. The molecule has 1 aromatic rings. The van der Waals surface area contributed by atoms with Gasteiger partial charge in [-0.3, -0.25) is 4.79 Å². The van der Waals surface area contributed by atoms with Crippen molar-refractivity contribution in [2.24, 2.45) is 0 Å². The zero-order chi connectivity index (χ0) is 14.2. The molecule has 0 saturated carbocycles. The van der Waals surface area contributed by atoms with Crippen LogP contribution in [0.4, 0.5) is 5.69 Å². The molecule has 2 unspecified atom stereocenters. The molecule has 2 rings (SSSR count). The minimum Gasteiger partial charge on any atom is -0.396 e. The average Bonchev–Trinajstić information content (AvgIpc) is 2.79. The van der Waals surface area contributed by atoms with Gasteiger partial charge in [-0.1, -0.05) is 23.2 Å². The number of anilines is 1. The summed E-state index contributed by atoms with van der Waals surface area (Å²) in [5, 5.41) is 0.583. The summed E-state index contributed by atoms with van der Waals surface area (Å²) in [6.07, 6.45) is 0.869. The molecule has 2 atom stereocenters. The molecule has 0 radical (unpaired) electrons. The zero-order valence-corrected chi connectivity index (χ0v) is 12.3. The lowest BCUT2D eigenvalue weighted by atomic mass is 10.1. The van der Waals surface area contributed by atoms with E-state index in [9.17, 15) is 4.79 Å². The third kappa shape index (κ3) is 2.81. The van der Waals surface area contributed by atoms with Crippen LogP contribution in [-0.2, 0) is 4.74 Å². The van der Waals surface area contributed by atoms with Gasteiger partial charge in [0, 0.05) is 19.2 Å². The van der Waals surface area contributed by atoms with E-state index in [4.69, 9.17) is 33.7 Å². The number of hydrogen-bond donors (Lipinski definition) is 1. The van der Waals surface area contributed by atoms with Crippen LogP contribution in [0.1, 0.15) is 23.7 Å². The van der Waals surface area contributed by atoms with Crippen molar-refractivity contribution in [3.63, 3.8) is 0 Å². The second kappa shape index (κ2) is 5.57. The highest BCUT2D eigenvalue weighted by Gasteiger charge is 2.31. The number of likely N-dealkylation sites (N-methyl/N-ethyl adjacent to an activating group) is 1. The van der Waals surface area contributed by atoms with Gasteiger partial charge in [0.25, 0.3) is 5.91 Å². The average molecular weight is 303 g/mol. The quantitative estimate of drug-likeness (QED) is 0.855. The van der Waals surface area contributed by atoms with Gasteiger partial charge in [0.1, 0.15) is 0 Å². The Morgan fingerprint density at radius 2 is 2.00 bits per heavy atom. The molecule has 0 bridgehead atoms. The number of benzene rings is 1. The number of hydrogen-bond acceptors (Lipinski definition) is 3. The van der Waals surface area contributed by atoms with Crippen molar-refractivity contribution in [3.05, 3.63) is 27.7 Å². The van der Waals surface area contributed by atoms with Gasteiger partial charge in [0.2, 0.25) is 0 Å². The lowest BCUT2D eigenvalue weighted by Gasteiger charge is -2.27. The van der Waals surface area contributed by atoms with Crippen LogP contribution in [0.15, 0.2) is 12.1 Å². The van der Waals surface area contributed by atoms with Gasteiger partial charge < -0.3 is 15.4 Å². The molecule has 1 saturated heterocycles. The standard InChI is InChI=1S/C13H16Cl2N2O2/c1-7-11(3-4-19-7)17(2)13(18)8-5-9(14)12(16)10(15)6-8/h5-7,11H,3-4,16H2,1-2H3. The summed E-state index contributed by atoms with van der Waals surface area (Å²) in [6.45, 7) is 2.64. The Labute approximate surface area is 122 Å². The first kappa shape index (κ1) is 14.4.